The fraction of sp³-hybridized carbons (Fsp3) is 0.548. The summed E-state index contributed by atoms with van der Waals surface area (Å²) in [5.41, 5.74) is 5.03. The van der Waals surface area contributed by atoms with Crippen molar-refractivity contribution in [3.63, 3.8) is 0 Å². The number of carboxylic acid groups (broad SMARTS) is 1. The van der Waals surface area contributed by atoms with Crippen molar-refractivity contribution >= 4 is 17.7 Å². The molecule has 0 aliphatic rings. The zero-order valence-electron chi connectivity index (χ0n) is 23.8. The summed E-state index contributed by atoms with van der Waals surface area (Å²) in [5, 5.41) is 12.4. The van der Waals surface area contributed by atoms with Crippen molar-refractivity contribution < 1.29 is 24.2 Å². The second-order valence-corrected chi connectivity index (χ2v) is 9.94. The Morgan fingerprint density at radius 2 is 1.55 bits per heavy atom. The van der Waals surface area contributed by atoms with Crippen LogP contribution in [0.25, 0.3) is 0 Å². The number of aliphatic carboxylic acids is 1. The highest BCUT2D eigenvalue weighted by Gasteiger charge is 2.18. The standard InChI is InChI=1S/C31H46N2O5/c1-6-8-9-10-11-12-17-33(31(36)32-29-24(4)20-23(3)21-25(29)5)18-19-38-27-15-13-26(14-16-27)22-28(30(34)35)37-7-2/h13-16,20-21,28H,6-12,17-19,22H2,1-5H3,(H,32,36)(H,34,35). The quantitative estimate of drug-likeness (QED) is 0.219. The molecule has 210 valence electrons. The minimum absolute atomic E-state index is 0.108. The summed E-state index contributed by atoms with van der Waals surface area (Å²) in [6.45, 7) is 12.0. The highest BCUT2D eigenvalue weighted by molar-refractivity contribution is 5.91. The molecule has 38 heavy (non-hydrogen) atoms. The van der Waals surface area contributed by atoms with E-state index in [-0.39, 0.29) is 6.03 Å². The van der Waals surface area contributed by atoms with Crippen LogP contribution in [0.3, 0.4) is 0 Å². The number of urea groups is 1. The molecule has 0 spiro atoms. The fourth-order valence-electron chi connectivity index (χ4n) is 4.59. The van der Waals surface area contributed by atoms with Gasteiger partial charge < -0.3 is 24.8 Å². The molecule has 2 N–H and O–H groups in total. The average Bonchev–Trinajstić information content (AvgIpc) is 2.87. The van der Waals surface area contributed by atoms with Crippen LogP contribution in [0, 0.1) is 20.8 Å². The largest absolute Gasteiger partial charge is 0.492 e. The number of anilines is 1. The van der Waals surface area contributed by atoms with E-state index in [1.165, 1.54) is 31.2 Å². The molecule has 2 amide bonds. The van der Waals surface area contributed by atoms with Crippen LogP contribution >= 0.6 is 0 Å². The zero-order chi connectivity index (χ0) is 27.9. The van der Waals surface area contributed by atoms with Crippen molar-refractivity contribution in [2.75, 3.05) is 31.6 Å². The number of carboxylic acids is 1. The number of amides is 2. The van der Waals surface area contributed by atoms with Gasteiger partial charge in [-0.15, -0.1) is 0 Å². The minimum Gasteiger partial charge on any atom is -0.492 e. The summed E-state index contributed by atoms with van der Waals surface area (Å²) in [6.07, 6.45) is 6.40. The highest BCUT2D eigenvalue weighted by Crippen LogP contribution is 2.22. The Morgan fingerprint density at radius 3 is 2.16 bits per heavy atom. The second kappa shape index (κ2) is 16.7. The van der Waals surface area contributed by atoms with Gasteiger partial charge in [-0.1, -0.05) is 68.9 Å². The Balaban J connectivity index is 1.96. The molecular formula is C31H46N2O5. The van der Waals surface area contributed by atoms with Crippen molar-refractivity contribution in [2.24, 2.45) is 0 Å². The van der Waals surface area contributed by atoms with E-state index in [9.17, 15) is 14.7 Å². The number of hydrogen-bond acceptors (Lipinski definition) is 4. The third-order valence-corrected chi connectivity index (χ3v) is 6.60. The van der Waals surface area contributed by atoms with E-state index in [2.05, 4.69) is 31.3 Å². The minimum atomic E-state index is -0.966. The lowest BCUT2D eigenvalue weighted by atomic mass is 10.1. The number of ether oxygens (including phenoxy) is 2. The molecule has 0 aromatic heterocycles. The van der Waals surface area contributed by atoms with E-state index < -0.39 is 12.1 Å². The fourth-order valence-corrected chi connectivity index (χ4v) is 4.59. The molecule has 0 saturated heterocycles. The van der Waals surface area contributed by atoms with Gasteiger partial charge in [0.1, 0.15) is 12.4 Å². The SMILES string of the molecule is CCCCCCCCN(CCOc1ccc(CC(OCC)C(=O)O)cc1)C(=O)Nc1c(C)cc(C)cc1C. The molecule has 1 unspecified atom stereocenters. The van der Waals surface area contributed by atoms with Gasteiger partial charge >= 0.3 is 12.0 Å². The Labute approximate surface area is 228 Å². The Hall–Kier alpha value is -3.06. The molecule has 7 nitrogen and oxygen atoms in total. The Bertz CT molecular complexity index is 983. The van der Waals surface area contributed by atoms with Gasteiger partial charge in [-0.3, -0.25) is 0 Å². The number of nitrogens with one attached hydrogen (secondary N) is 1. The molecule has 0 aliphatic heterocycles. The van der Waals surface area contributed by atoms with Crippen LogP contribution in [0.2, 0.25) is 0 Å². The number of hydrogen-bond donors (Lipinski definition) is 2. The number of nitrogens with zero attached hydrogens (tertiary/aromatic N) is 1. The molecule has 0 fully saturated rings. The first-order valence-corrected chi connectivity index (χ1v) is 13.9. The highest BCUT2D eigenvalue weighted by atomic mass is 16.5. The van der Waals surface area contributed by atoms with E-state index in [0.29, 0.717) is 38.5 Å². The zero-order valence-corrected chi connectivity index (χ0v) is 23.8. The molecule has 2 aromatic carbocycles. The van der Waals surface area contributed by atoms with Crippen LogP contribution in [0.15, 0.2) is 36.4 Å². The first-order valence-electron chi connectivity index (χ1n) is 13.9. The van der Waals surface area contributed by atoms with Crippen LogP contribution in [-0.4, -0.2) is 54.4 Å². The van der Waals surface area contributed by atoms with Crippen molar-refractivity contribution in [3.8, 4) is 5.75 Å². The van der Waals surface area contributed by atoms with E-state index in [4.69, 9.17) is 9.47 Å². The van der Waals surface area contributed by atoms with Gasteiger partial charge in [0.2, 0.25) is 0 Å². The lowest BCUT2D eigenvalue weighted by Gasteiger charge is -2.24. The number of aryl methyl sites for hydroxylation is 3. The predicted octanol–water partition coefficient (Wildman–Crippen LogP) is 6.92. The molecule has 0 heterocycles. The topological polar surface area (TPSA) is 88.1 Å². The third-order valence-electron chi connectivity index (χ3n) is 6.60. The van der Waals surface area contributed by atoms with E-state index >= 15 is 0 Å². The van der Waals surface area contributed by atoms with Gasteiger partial charge in [0, 0.05) is 25.3 Å². The maximum Gasteiger partial charge on any atom is 0.333 e. The van der Waals surface area contributed by atoms with E-state index in [0.717, 1.165) is 35.2 Å². The van der Waals surface area contributed by atoms with Crippen LogP contribution in [0.5, 0.6) is 5.75 Å². The molecule has 1 atom stereocenters. The van der Waals surface area contributed by atoms with Gasteiger partial charge in [-0.05, 0) is 62.9 Å². The molecule has 2 aromatic rings. The summed E-state index contributed by atoms with van der Waals surface area (Å²) in [7, 11) is 0. The van der Waals surface area contributed by atoms with Crippen LogP contribution in [0.4, 0.5) is 10.5 Å². The van der Waals surface area contributed by atoms with Gasteiger partial charge in [0.05, 0.1) is 6.54 Å². The molecule has 0 radical (unpaired) electrons. The first-order chi connectivity index (χ1) is 18.2. The summed E-state index contributed by atoms with van der Waals surface area (Å²) in [4.78, 5) is 26.4. The van der Waals surface area contributed by atoms with Crippen molar-refractivity contribution in [2.45, 2.75) is 85.7 Å². The molecule has 2 rings (SSSR count). The summed E-state index contributed by atoms with van der Waals surface area (Å²) < 4.78 is 11.2. The number of carbonyl (C=O) groups excluding carboxylic acids is 1. The van der Waals surface area contributed by atoms with E-state index in [1.807, 2.05) is 43.0 Å². The van der Waals surface area contributed by atoms with E-state index in [1.54, 1.807) is 6.92 Å². The van der Waals surface area contributed by atoms with Gasteiger partial charge in [0.25, 0.3) is 0 Å². The lowest BCUT2D eigenvalue weighted by molar-refractivity contribution is -0.149. The summed E-state index contributed by atoms with van der Waals surface area (Å²) >= 11 is 0. The van der Waals surface area contributed by atoms with Gasteiger partial charge in [-0.25, -0.2) is 9.59 Å². The first kappa shape index (κ1) is 31.2. The molecule has 0 bridgehead atoms. The number of carbonyl (C=O) groups is 2. The second-order valence-electron chi connectivity index (χ2n) is 9.94. The Morgan fingerprint density at radius 1 is 0.921 bits per heavy atom. The van der Waals surface area contributed by atoms with Crippen molar-refractivity contribution in [1.29, 1.82) is 0 Å². The predicted molar refractivity (Wildman–Crippen MR) is 153 cm³/mol. The lowest BCUT2D eigenvalue weighted by Crippen LogP contribution is -2.39. The van der Waals surface area contributed by atoms with Crippen molar-refractivity contribution in [3.05, 3.63) is 58.7 Å². The Kier molecular flexibility index (Phi) is 13.7. The maximum atomic E-state index is 13.3. The third kappa shape index (κ3) is 10.7. The maximum absolute atomic E-state index is 13.3. The number of benzene rings is 2. The molecular weight excluding hydrogens is 480 g/mol. The van der Waals surface area contributed by atoms with Gasteiger partial charge in [0.15, 0.2) is 6.10 Å². The smallest absolute Gasteiger partial charge is 0.333 e. The van der Waals surface area contributed by atoms with Crippen LogP contribution in [0.1, 0.15) is 74.6 Å². The van der Waals surface area contributed by atoms with Gasteiger partial charge in [-0.2, -0.15) is 0 Å². The van der Waals surface area contributed by atoms with Crippen molar-refractivity contribution in [1.82, 2.24) is 4.90 Å². The molecule has 0 aliphatic carbocycles. The summed E-state index contributed by atoms with van der Waals surface area (Å²) in [6, 6.07) is 11.4. The molecule has 7 heteroatoms. The average molecular weight is 527 g/mol. The summed E-state index contributed by atoms with van der Waals surface area (Å²) in [5.74, 6) is -0.283. The number of unbranched alkanes of at least 4 members (excludes halogenated alkanes) is 5. The monoisotopic (exact) mass is 526 g/mol. The van der Waals surface area contributed by atoms with Crippen LogP contribution < -0.4 is 10.1 Å². The normalized spacial score (nSPS) is 11.7. The van der Waals surface area contributed by atoms with Crippen LogP contribution in [-0.2, 0) is 16.0 Å². The number of rotatable bonds is 17. The molecule has 0 saturated carbocycles.